The van der Waals surface area contributed by atoms with Crippen molar-refractivity contribution in [3.8, 4) is 0 Å². The third-order valence-electron chi connectivity index (χ3n) is 0.533. The van der Waals surface area contributed by atoms with Crippen LogP contribution in [0.25, 0.3) is 0 Å². The Morgan fingerprint density at radius 3 is 2.67 bits per heavy atom. The molecule has 0 fully saturated rings. The fraction of sp³-hybridized carbons (Fsp3) is 0.750. The summed E-state index contributed by atoms with van der Waals surface area (Å²) in [5.74, 6) is -0.363. The molecule has 1 amide bonds. The molecule has 0 aliphatic rings. The molecule has 0 aliphatic carbocycles. The number of amides is 1. The summed E-state index contributed by atoms with van der Waals surface area (Å²) in [5, 5.41) is 0. The Morgan fingerprint density at radius 2 is 2.33 bits per heavy atom. The summed E-state index contributed by atoms with van der Waals surface area (Å²) in [7, 11) is 0.124. The first-order valence-electron chi connectivity index (χ1n) is 2.28. The number of carbonyl (C=O) groups excluding carboxylic acids is 1. The summed E-state index contributed by atoms with van der Waals surface area (Å²) in [5.41, 5.74) is 0. The van der Waals surface area contributed by atoms with Gasteiger partial charge in [-0.3, -0.25) is 9.52 Å². The van der Waals surface area contributed by atoms with E-state index in [9.17, 15) is 9.00 Å². The highest BCUT2D eigenvalue weighted by molar-refractivity contribution is 7.82. The van der Waals surface area contributed by atoms with E-state index in [1.807, 2.05) is 0 Å². The molecule has 0 aromatic carbocycles. The van der Waals surface area contributed by atoms with Crippen molar-refractivity contribution in [2.45, 2.75) is 0 Å². The van der Waals surface area contributed by atoms with Crippen LogP contribution in [0.15, 0.2) is 0 Å². The van der Waals surface area contributed by atoms with Crippen molar-refractivity contribution in [1.29, 1.82) is 0 Å². The van der Waals surface area contributed by atoms with E-state index in [1.165, 1.54) is 13.4 Å². The summed E-state index contributed by atoms with van der Waals surface area (Å²) in [6.45, 7) is -0.0421. The largest absolute Gasteiger partial charge is 0.375 e. The van der Waals surface area contributed by atoms with Crippen molar-refractivity contribution < 1.29 is 13.7 Å². The number of nitrogens with one attached hydrogen (secondary N) is 1. The predicted octanol–water partition coefficient (Wildman–Crippen LogP) is -0.958. The van der Waals surface area contributed by atoms with Crippen molar-refractivity contribution in [3.05, 3.63) is 0 Å². The first-order valence-corrected chi connectivity index (χ1v) is 3.84. The average Bonchev–Trinajstić information content (AvgIpc) is 1.63. The van der Waals surface area contributed by atoms with E-state index in [4.69, 9.17) is 0 Å². The number of methoxy groups -OCH3 is 1. The van der Waals surface area contributed by atoms with Gasteiger partial charge in [-0.15, -0.1) is 0 Å². The second-order valence-corrected chi connectivity index (χ2v) is 2.52. The average molecular weight is 151 g/mol. The quantitative estimate of drug-likeness (QED) is 0.565. The minimum absolute atomic E-state index is 0.0421. The van der Waals surface area contributed by atoms with Crippen LogP contribution < -0.4 is 4.72 Å². The zero-order valence-corrected chi connectivity index (χ0v) is 6.16. The number of rotatable bonds is 3. The lowest BCUT2D eigenvalue weighted by molar-refractivity contribution is -0.122. The van der Waals surface area contributed by atoms with E-state index >= 15 is 0 Å². The van der Waals surface area contributed by atoms with Crippen molar-refractivity contribution >= 4 is 16.9 Å². The molecule has 1 atom stereocenters. The Bertz CT molecular complexity index is 125. The van der Waals surface area contributed by atoms with Crippen LogP contribution in [0.3, 0.4) is 0 Å². The van der Waals surface area contributed by atoms with Crippen molar-refractivity contribution in [2.75, 3.05) is 20.0 Å². The molecule has 0 aliphatic heterocycles. The van der Waals surface area contributed by atoms with E-state index < -0.39 is 11.0 Å². The molecule has 0 saturated carbocycles. The van der Waals surface area contributed by atoms with Gasteiger partial charge in [0, 0.05) is 13.4 Å². The SMILES string of the molecule is COCC(=O)NS(C)=O. The lowest BCUT2D eigenvalue weighted by Gasteiger charge is -1.97. The maximum Gasteiger partial charge on any atom is 0.257 e. The summed E-state index contributed by atoms with van der Waals surface area (Å²) in [6, 6.07) is 0. The molecule has 0 saturated heterocycles. The van der Waals surface area contributed by atoms with Gasteiger partial charge in [0.05, 0.1) is 0 Å². The van der Waals surface area contributed by atoms with Crippen LogP contribution in [0.1, 0.15) is 0 Å². The third kappa shape index (κ3) is 5.45. The number of ether oxygens (including phenoxy) is 1. The smallest absolute Gasteiger partial charge is 0.257 e. The third-order valence-corrected chi connectivity index (χ3v) is 1.05. The van der Waals surface area contributed by atoms with Gasteiger partial charge in [-0.2, -0.15) is 0 Å². The van der Waals surface area contributed by atoms with Gasteiger partial charge >= 0.3 is 0 Å². The Hall–Kier alpha value is -0.420. The normalized spacial score (nSPS) is 12.7. The molecule has 0 heterocycles. The molecule has 0 radical (unpaired) electrons. The van der Waals surface area contributed by atoms with E-state index in [0.29, 0.717) is 0 Å². The van der Waals surface area contributed by atoms with Crippen LogP contribution in [0.2, 0.25) is 0 Å². The van der Waals surface area contributed by atoms with Gasteiger partial charge in [0.25, 0.3) is 5.91 Å². The monoisotopic (exact) mass is 151 g/mol. The van der Waals surface area contributed by atoms with Crippen LogP contribution in [0.4, 0.5) is 0 Å². The van der Waals surface area contributed by atoms with Crippen LogP contribution in [0, 0.1) is 0 Å². The lowest BCUT2D eigenvalue weighted by atomic mass is 10.7. The molecule has 0 spiro atoms. The van der Waals surface area contributed by atoms with Crippen molar-refractivity contribution in [2.24, 2.45) is 0 Å². The molecule has 0 bridgehead atoms. The molecule has 0 rings (SSSR count). The molecule has 9 heavy (non-hydrogen) atoms. The Balaban J connectivity index is 3.39. The molecular weight excluding hydrogens is 142 g/mol. The molecule has 4 nitrogen and oxygen atoms in total. The first-order chi connectivity index (χ1) is 4.16. The lowest BCUT2D eigenvalue weighted by Crippen LogP contribution is -2.28. The number of hydrogen-bond acceptors (Lipinski definition) is 3. The highest BCUT2D eigenvalue weighted by Crippen LogP contribution is 1.69. The van der Waals surface area contributed by atoms with Gasteiger partial charge in [0.1, 0.15) is 17.6 Å². The summed E-state index contributed by atoms with van der Waals surface area (Å²) in [4.78, 5) is 10.4. The van der Waals surface area contributed by atoms with Gasteiger partial charge in [0.2, 0.25) is 0 Å². The summed E-state index contributed by atoms with van der Waals surface area (Å²) >= 11 is 0. The van der Waals surface area contributed by atoms with Crippen LogP contribution in [-0.4, -0.2) is 30.1 Å². The van der Waals surface area contributed by atoms with Gasteiger partial charge in [-0.1, -0.05) is 0 Å². The molecule has 54 valence electrons. The fourth-order valence-electron chi connectivity index (χ4n) is 0.321. The van der Waals surface area contributed by atoms with Crippen LogP contribution in [0.5, 0.6) is 0 Å². The summed E-state index contributed by atoms with van der Waals surface area (Å²) < 4.78 is 16.9. The summed E-state index contributed by atoms with van der Waals surface area (Å²) in [6.07, 6.45) is 1.38. The molecule has 1 unspecified atom stereocenters. The van der Waals surface area contributed by atoms with Gasteiger partial charge in [-0.25, -0.2) is 4.21 Å². The predicted molar refractivity (Wildman–Crippen MR) is 34.1 cm³/mol. The van der Waals surface area contributed by atoms with E-state index in [1.54, 1.807) is 0 Å². The number of carbonyl (C=O) groups is 1. The minimum atomic E-state index is -1.28. The highest BCUT2D eigenvalue weighted by Gasteiger charge is 1.98. The maximum absolute atomic E-state index is 10.4. The van der Waals surface area contributed by atoms with Gasteiger partial charge in [-0.05, 0) is 0 Å². The van der Waals surface area contributed by atoms with E-state index in [2.05, 4.69) is 9.46 Å². The second-order valence-electron chi connectivity index (χ2n) is 1.41. The minimum Gasteiger partial charge on any atom is -0.375 e. The highest BCUT2D eigenvalue weighted by atomic mass is 32.2. The van der Waals surface area contributed by atoms with Gasteiger partial charge < -0.3 is 4.74 Å². The zero-order chi connectivity index (χ0) is 7.28. The Labute approximate surface area is 56.2 Å². The van der Waals surface area contributed by atoms with Crippen molar-refractivity contribution in [1.82, 2.24) is 4.72 Å². The van der Waals surface area contributed by atoms with Crippen LogP contribution >= 0.6 is 0 Å². The van der Waals surface area contributed by atoms with Crippen molar-refractivity contribution in [3.63, 3.8) is 0 Å². The molecule has 0 aromatic heterocycles. The molecule has 5 heteroatoms. The van der Waals surface area contributed by atoms with E-state index in [-0.39, 0.29) is 12.5 Å². The second kappa shape index (κ2) is 4.46. The molecule has 1 N–H and O–H groups in total. The van der Waals surface area contributed by atoms with E-state index in [0.717, 1.165) is 0 Å². The maximum atomic E-state index is 10.4. The molecular formula is C4H9NO3S. The molecule has 0 aromatic rings. The fourth-order valence-corrected chi connectivity index (χ4v) is 0.700. The Morgan fingerprint density at radius 1 is 1.78 bits per heavy atom. The van der Waals surface area contributed by atoms with Crippen LogP contribution in [-0.2, 0) is 20.5 Å². The standard InChI is InChI=1S/C4H9NO3S/c1-8-3-4(6)5-9(2)7/h3H2,1-2H3,(H,5,6). The number of hydrogen-bond donors (Lipinski definition) is 1. The zero-order valence-electron chi connectivity index (χ0n) is 5.34. The van der Waals surface area contributed by atoms with Gasteiger partial charge in [0.15, 0.2) is 0 Å². The Kier molecular flexibility index (Phi) is 4.25. The topological polar surface area (TPSA) is 55.4 Å². The first kappa shape index (κ1) is 8.58.